The maximum atomic E-state index is 13.4. The number of alkyl halides is 5. The Morgan fingerprint density at radius 1 is 1.29 bits per heavy atom. The molecule has 10 nitrogen and oxygen atoms in total. The molecule has 3 N–H and O–H groups in total. The van der Waals surface area contributed by atoms with Gasteiger partial charge in [0.1, 0.15) is 15.4 Å². The largest absolute Gasteiger partial charge is 0.416 e. The smallest absolute Gasteiger partial charge is 0.394 e. The van der Waals surface area contributed by atoms with Crippen LogP contribution in [-0.2, 0) is 22.8 Å². The van der Waals surface area contributed by atoms with Crippen LogP contribution in [0.3, 0.4) is 0 Å². The second-order valence-electron chi connectivity index (χ2n) is 11.3. The normalized spacial score (nSPS) is 21.9. The molecule has 3 rings (SSSR count). The molecule has 1 unspecified atom stereocenters. The van der Waals surface area contributed by atoms with Gasteiger partial charge in [0.25, 0.3) is 5.91 Å². The zero-order chi connectivity index (χ0) is 31.8. The molecule has 16 heteroatoms. The van der Waals surface area contributed by atoms with Crippen molar-refractivity contribution in [3.63, 3.8) is 0 Å². The van der Waals surface area contributed by atoms with E-state index in [0.29, 0.717) is 0 Å². The molecule has 3 atom stereocenters. The van der Waals surface area contributed by atoms with Crippen molar-refractivity contribution in [1.82, 2.24) is 20.1 Å². The molecule has 0 bridgehead atoms. The number of aliphatic hydroxyl groups is 2. The van der Waals surface area contributed by atoms with Crippen molar-refractivity contribution in [1.29, 1.82) is 0 Å². The summed E-state index contributed by atoms with van der Waals surface area (Å²) in [6, 6.07) is 2.54. The molecule has 2 aromatic heterocycles. The zero-order valence-electron chi connectivity index (χ0n) is 23.8. The van der Waals surface area contributed by atoms with Gasteiger partial charge >= 0.3 is 12.8 Å². The van der Waals surface area contributed by atoms with Crippen molar-refractivity contribution in [3.8, 4) is 17.1 Å². The van der Waals surface area contributed by atoms with Gasteiger partial charge in [-0.1, -0.05) is 13.8 Å². The summed E-state index contributed by atoms with van der Waals surface area (Å²) in [5.41, 5.74) is -3.90. The molecule has 2 aromatic rings. The second-order valence-corrected chi connectivity index (χ2v) is 13.6. The fourth-order valence-corrected chi connectivity index (χ4v) is 5.98. The van der Waals surface area contributed by atoms with Gasteiger partial charge in [-0.2, -0.15) is 27.1 Å². The fourth-order valence-electron chi connectivity index (χ4n) is 4.90. The van der Waals surface area contributed by atoms with E-state index in [9.17, 15) is 45.4 Å². The highest BCUT2D eigenvalue weighted by Crippen LogP contribution is 2.41. The lowest BCUT2D eigenvalue weighted by Crippen LogP contribution is -2.56. The topological polar surface area (TPSA) is 144 Å². The van der Waals surface area contributed by atoms with Crippen LogP contribution in [0.15, 0.2) is 12.1 Å². The first kappa shape index (κ1) is 33.6. The van der Waals surface area contributed by atoms with Gasteiger partial charge in [-0.05, 0) is 45.2 Å². The molecule has 2 heterocycles. The molecule has 0 aromatic carbocycles. The molecule has 1 fully saturated rings. The molecule has 1 aliphatic rings. The number of aryl methyl sites for hydroxylation is 1. The van der Waals surface area contributed by atoms with E-state index in [2.05, 4.69) is 20.1 Å². The monoisotopic (exact) mass is 626 g/mol. The summed E-state index contributed by atoms with van der Waals surface area (Å²) in [6.45, 7) is 1.48. The Bertz CT molecular complexity index is 1410. The van der Waals surface area contributed by atoms with E-state index < -0.39 is 69.7 Å². The molecule has 1 amide bonds. The number of pyridine rings is 1. The van der Waals surface area contributed by atoms with E-state index in [1.54, 1.807) is 6.92 Å². The van der Waals surface area contributed by atoms with Crippen molar-refractivity contribution in [2.45, 2.75) is 89.7 Å². The second kappa shape index (κ2) is 12.0. The van der Waals surface area contributed by atoms with Crippen molar-refractivity contribution in [2.75, 3.05) is 12.8 Å². The van der Waals surface area contributed by atoms with Crippen LogP contribution < -0.4 is 10.1 Å². The SMILES string of the molecule is CCn1nc(C(=O)NC[C@@]2(O)CCC(S(C)(=O)=O)C[C@@H]2O)c(C)c1-c1ccc(CC(C)(C)C(F)(F)F)nc1OC(F)F. The number of carbonyl (C=O) groups is 1. The van der Waals surface area contributed by atoms with E-state index in [1.807, 2.05) is 0 Å². The maximum Gasteiger partial charge on any atom is 0.394 e. The van der Waals surface area contributed by atoms with Gasteiger partial charge in [-0.3, -0.25) is 9.48 Å². The number of rotatable bonds is 10. The number of aromatic nitrogens is 3. The van der Waals surface area contributed by atoms with Gasteiger partial charge in [0.15, 0.2) is 5.69 Å². The van der Waals surface area contributed by atoms with E-state index in [4.69, 9.17) is 0 Å². The Labute approximate surface area is 240 Å². The molecule has 236 valence electrons. The first-order valence-corrected chi connectivity index (χ1v) is 15.1. The number of halogens is 5. The molecule has 1 aliphatic carbocycles. The minimum atomic E-state index is -4.58. The predicted molar refractivity (Wildman–Crippen MR) is 142 cm³/mol. The van der Waals surface area contributed by atoms with Gasteiger partial charge in [-0.15, -0.1) is 0 Å². The lowest BCUT2D eigenvalue weighted by molar-refractivity contribution is -0.211. The van der Waals surface area contributed by atoms with Crippen LogP contribution in [0.1, 0.15) is 61.8 Å². The lowest BCUT2D eigenvalue weighted by atomic mass is 9.82. The number of nitrogens with zero attached hydrogens (tertiary/aromatic N) is 3. The third kappa shape index (κ3) is 7.19. The summed E-state index contributed by atoms with van der Waals surface area (Å²) in [7, 11) is -3.43. The Balaban J connectivity index is 1.91. The third-order valence-electron chi connectivity index (χ3n) is 7.63. The number of carbonyl (C=O) groups excluding carboxylic acids is 1. The van der Waals surface area contributed by atoms with Crippen LogP contribution in [0.5, 0.6) is 5.88 Å². The maximum absolute atomic E-state index is 13.4. The highest BCUT2D eigenvalue weighted by Gasteiger charge is 2.47. The van der Waals surface area contributed by atoms with E-state index >= 15 is 0 Å². The summed E-state index contributed by atoms with van der Waals surface area (Å²) < 4.78 is 96.5. The number of sulfone groups is 1. The zero-order valence-corrected chi connectivity index (χ0v) is 24.6. The summed E-state index contributed by atoms with van der Waals surface area (Å²) in [5.74, 6) is -1.40. The fraction of sp³-hybridized carbons (Fsp3) is 0.654. The average molecular weight is 627 g/mol. The molecule has 0 saturated heterocycles. The Kier molecular flexibility index (Phi) is 9.64. The third-order valence-corrected chi connectivity index (χ3v) is 9.27. The molecule has 1 saturated carbocycles. The number of aliphatic hydroxyl groups excluding tert-OH is 1. The molecule has 0 spiro atoms. The van der Waals surface area contributed by atoms with E-state index in [-0.39, 0.29) is 54.0 Å². The van der Waals surface area contributed by atoms with Crippen LogP contribution in [0.2, 0.25) is 0 Å². The molecule has 0 radical (unpaired) electrons. The Morgan fingerprint density at radius 2 is 1.93 bits per heavy atom. The standard InChI is InChI=1S/C26H35F5N4O6S/c1-6-35-20(17-8-7-15(33-22(17)41-23(27)28)12-24(3,4)26(29,30)31)14(2)19(34-35)21(37)32-13-25(38)10-9-16(11-18(25)36)42(5,39)40/h7-8,16,18,23,36,38H,6,9-13H2,1-5H3,(H,32,37)/t16?,18-,25-/m0/s1. The van der Waals surface area contributed by atoms with Gasteiger partial charge in [-0.25, -0.2) is 13.4 Å². The predicted octanol–water partition coefficient (Wildman–Crippen LogP) is 3.42. The highest BCUT2D eigenvalue weighted by molar-refractivity contribution is 7.91. The van der Waals surface area contributed by atoms with Crippen LogP contribution in [0.25, 0.3) is 11.3 Å². The molecular weight excluding hydrogens is 591 g/mol. The summed E-state index contributed by atoms with van der Waals surface area (Å²) in [6.07, 6.45) is -5.75. The van der Waals surface area contributed by atoms with Crippen LogP contribution in [0.4, 0.5) is 22.0 Å². The Hall–Kier alpha value is -2.85. The van der Waals surface area contributed by atoms with Gasteiger partial charge < -0.3 is 20.3 Å². The first-order chi connectivity index (χ1) is 19.2. The summed E-state index contributed by atoms with van der Waals surface area (Å²) in [5, 5.41) is 27.3. The van der Waals surface area contributed by atoms with Crippen molar-refractivity contribution in [2.24, 2.45) is 5.41 Å². The van der Waals surface area contributed by atoms with E-state index in [1.165, 1.54) is 23.7 Å². The van der Waals surface area contributed by atoms with Crippen molar-refractivity contribution >= 4 is 15.7 Å². The molecule has 0 aliphatic heterocycles. The van der Waals surface area contributed by atoms with Crippen LogP contribution in [-0.4, -0.2) is 81.8 Å². The first-order valence-electron chi connectivity index (χ1n) is 13.2. The number of amides is 1. The molecular formula is C26H35F5N4O6S. The summed E-state index contributed by atoms with van der Waals surface area (Å²) in [4.78, 5) is 17.1. The van der Waals surface area contributed by atoms with Crippen LogP contribution in [0, 0.1) is 12.3 Å². The van der Waals surface area contributed by atoms with E-state index in [0.717, 1.165) is 20.1 Å². The average Bonchev–Trinajstić information content (AvgIpc) is 3.18. The van der Waals surface area contributed by atoms with Crippen LogP contribution >= 0.6 is 0 Å². The van der Waals surface area contributed by atoms with Gasteiger partial charge in [0.05, 0.1) is 28.0 Å². The van der Waals surface area contributed by atoms with Gasteiger partial charge in [0, 0.05) is 37.0 Å². The quantitative estimate of drug-likeness (QED) is 0.341. The van der Waals surface area contributed by atoms with Crippen molar-refractivity contribution < 1.29 is 50.1 Å². The summed E-state index contributed by atoms with van der Waals surface area (Å²) >= 11 is 0. The number of hydrogen-bond acceptors (Lipinski definition) is 8. The number of nitrogens with one attached hydrogen (secondary N) is 1. The number of ether oxygens (including phenoxy) is 1. The lowest BCUT2D eigenvalue weighted by Gasteiger charge is -2.39. The Morgan fingerprint density at radius 3 is 2.45 bits per heavy atom. The molecule has 42 heavy (non-hydrogen) atoms. The van der Waals surface area contributed by atoms with Crippen molar-refractivity contribution in [3.05, 3.63) is 29.1 Å². The highest BCUT2D eigenvalue weighted by atomic mass is 32.2. The van der Waals surface area contributed by atoms with Gasteiger partial charge in [0.2, 0.25) is 5.88 Å². The minimum absolute atomic E-state index is 0.0251. The number of hydrogen-bond donors (Lipinski definition) is 3. The minimum Gasteiger partial charge on any atom is -0.416 e.